The highest BCUT2D eigenvalue weighted by atomic mass is 16.5. The maximum atomic E-state index is 5.73. The monoisotopic (exact) mass is 311 g/mol. The number of aliphatic imine (C=N–C) groups is 1. The first-order valence-corrected chi connectivity index (χ1v) is 7.92. The second-order valence-corrected chi connectivity index (χ2v) is 5.44. The van der Waals surface area contributed by atoms with Crippen molar-refractivity contribution in [1.29, 1.82) is 0 Å². The molecule has 0 aliphatic heterocycles. The summed E-state index contributed by atoms with van der Waals surface area (Å²) in [4.78, 5) is 8.36. The van der Waals surface area contributed by atoms with Crippen molar-refractivity contribution in [2.45, 2.75) is 46.6 Å². The zero-order valence-corrected chi connectivity index (χ0v) is 14.3. The second-order valence-electron chi connectivity index (χ2n) is 5.44. The largest absolute Gasteiger partial charge is 0.378 e. The molecule has 1 heterocycles. The van der Waals surface area contributed by atoms with Crippen molar-refractivity contribution in [2.24, 2.45) is 10.9 Å². The van der Waals surface area contributed by atoms with Gasteiger partial charge in [-0.25, -0.2) is 0 Å². The van der Waals surface area contributed by atoms with Gasteiger partial charge in [0.25, 0.3) is 0 Å². The number of rotatable bonds is 9. The summed E-state index contributed by atoms with van der Waals surface area (Å²) in [7, 11) is 1.76. The van der Waals surface area contributed by atoms with Gasteiger partial charge in [0.2, 0.25) is 5.89 Å². The molecule has 0 fully saturated rings. The van der Waals surface area contributed by atoms with Gasteiger partial charge in [0.1, 0.15) is 0 Å². The lowest BCUT2D eigenvalue weighted by Crippen LogP contribution is -2.40. The SMILES string of the molecule is CCOC(CCNC(=NC)NCCc1nc(C)no1)C(C)C. The number of aromatic nitrogens is 2. The molecular formula is C15H29N5O2. The molecule has 0 saturated heterocycles. The van der Waals surface area contributed by atoms with Gasteiger partial charge in [-0.15, -0.1) is 0 Å². The van der Waals surface area contributed by atoms with E-state index in [0.717, 1.165) is 25.5 Å². The molecule has 0 aromatic carbocycles. The van der Waals surface area contributed by atoms with Gasteiger partial charge in [0, 0.05) is 33.2 Å². The number of guanidine groups is 1. The smallest absolute Gasteiger partial charge is 0.228 e. The highest BCUT2D eigenvalue weighted by Crippen LogP contribution is 2.09. The lowest BCUT2D eigenvalue weighted by atomic mass is 10.0. The summed E-state index contributed by atoms with van der Waals surface area (Å²) in [6.07, 6.45) is 1.90. The van der Waals surface area contributed by atoms with Crippen LogP contribution in [0.2, 0.25) is 0 Å². The van der Waals surface area contributed by atoms with E-state index in [0.29, 0.717) is 30.6 Å². The quantitative estimate of drug-likeness (QED) is 0.531. The van der Waals surface area contributed by atoms with Crippen LogP contribution < -0.4 is 10.6 Å². The summed E-state index contributed by atoms with van der Waals surface area (Å²) >= 11 is 0. The molecule has 0 aliphatic rings. The fraction of sp³-hybridized carbons (Fsp3) is 0.800. The van der Waals surface area contributed by atoms with Gasteiger partial charge in [-0.3, -0.25) is 4.99 Å². The van der Waals surface area contributed by atoms with Crippen molar-refractivity contribution in [2.75, 3.05) is 26.7 Å². The molecule has 0 amide bonds. The Morgan fingerprint density at radius 3 is 2.59 bits per heavy atom. The van der Waals surface area contributed by atoms with Crippen molar-refractivity contribution in [3.05, 3.63) is 11.7 Å². The van der Waals surface area contributed by atoms with E-state index in [2.05, 4.69) is 39.6 Å². The molecule has 1 atom stereocenters. The van der Waals surface area contributed by atoms with Gasteiger partial charge in [0.05, 0.1) is 6.10 Å². The minimum absolute atomic E-state index is 0.275. The highest BCUT2D eigenvalue weighted by molar-refractivity contribution is 5.79. The third kappa shape index (κ3) is 6.89. The highest BCUT2D eigenvalue weighted by Gasteiger charge is 2.13. The van der Waals surface area contributed by atoms with E-state index in [1.54, 1.807) is 7.05 Å². The summed E-state index contributed by atoms with van der Waals surface area (Å²) in [5.41, 5.74) is 0. The molecule has 1 unspecified atom stereocenters. The molecule has 0 aliphatic carbocycles. The summed E-state index contributed by atoms with van der Waals surface area (Å²) < 4.78 is 10.8. The first-order valence-electron chi connectivity index (χ1n) is 7.92. The van der Waals surface area contributed by atoms with E-state index >= 15 is 0 Å². The van der Waals surface area contributed by atoms with E-state index < -0.39 is 0 Å². The first-order chi connectivity index (χ1) is 10.6. The summed E-state index contributed by atoms with van der Waals surface area (Å²) in [5.74, 6) is 2.58. The minimum atomic E-state index is 0.275. The van der Waals surface area contributed by atoms with Crippen LogP contribution in [0.15, 0.2) is 9.52 Å². The number of hydrogen-bond acceptors (Lipinski definition) is 5. The Balaban J connectivity index is 2.24. The molecule has 7 heteroatoms. The summed E-state index contributed by atoms with van der Waals surface area (Å²) in [6.45, 7) is 10.5. The second kappa shape index (κ2) is 10.2. The van der Waals surface area contributed by atoms with Crippen LogP contribution in [0.3, 0.4) is 0 Å². The number of nitrogens with zero attached hydrogens (tertiary/aromatic N) is 3. The Kier molecular flexibility index (Phi) is 8.50. The van der Waals surface area contributed by atoms with E-state index in [1.165, 1.54) is 0 Å². The summed E-state index contributed by atoms with van der Waals surface area (Å²) in [5, 5.41) is 10.3. The molecular weight excluding hydrogens is 282 g/mol. The first kappa shape index (κ1) is 18.4. The van der Waals surface area contributed by atoms with Crippen molar-refractivity contribution in [3.63, 3.8) is 0 Å². The number of nitrogens with one attached hydrogen (secondary N) is 2. The average molecular weight is 311 g/mol. The van der Waals surface area contributed by atoms with Crippen molar-refractivity contribution < 1.29 is 9.26 Å². The molecule has 126 valence electrons. The molecule has 7 nitrogen and oxygen atoms in total. The van der Waals surface area contributed by atoms with Crippen LogP contribution in [-0.2, 0) is 11.2 Å². The number of ether oxygens (including phenoxy) is 1. The van der Waals surface area contributed by atoms with Gasteiger partial charge >= 0.3 is 0 Å². The molecule has 1 aromatic heterocycles. The third-order valence-corrected chi connectivity index (χ3v) is 3.27. The standard InChI is InChI=1S/C15H29N5O2/c1-6-21-13(11(2)3)7-9-17-15(16-5)18-10-8-14-19-12(4)20-22-14/h11,13H,6-10H2,1-5H3,(H2,16,17,18). The Morgan fingerprint density at radius 1 is 1.32 bits per heavy atom. The van der Waals surface area contributed by atoms with Crippen LogP contribution in [-0.4, -0.2) is 48.9 Å². The average Bonchev–Trinajstić information content (AvgIpc) is 2.90. The van der Waals surface area contributed by atoms with Crippen LogP contribution in [0.4, 0.5) is 0 Å². The third-order valence-electron chi connectivity index (χ3n) is 3.27. The Labute approximate surface area is 132 Å². The Hall–Kier alpha value is -1.63. The van der Waals surface area contributed by atoms with Crippen molar-refractivity contribution in [3.8, 4) is 0 Å². The fourth-order valence-corrected chi connectivity index (χ4v) is 2.11. The van der Waals surface area contributed by atoms with E-state index in [-0.39, 0.29) is 6.10 Å². The van der Waals surface area contributed by atoms with Crippen LogP contribution in [0.25, 0.3) is 0 Å². The Morgan fingerprint density at radius 2 is 2.05 bits per heavy atom. The topological polar surface area (TPSA) is 84.6 Å². The zero-order valence-electron chi connectivity index (χ0n) is 14.3. The van der Waals surface area contributed by atoms with Gasteiger partial charge in [0.15, 0.2) is 11.8 Å². The van der Waals surface area contributed by atoms with E-state index in [4.69, 9.17) is 9.26 Å². The number of hydrogen-bond donors (Lipinski definition) is 2. The van der Waals surface area contributed by atoms with Crippen LogP contribution >= 0.6 is 0 Å². The Bertz CT molecular complexity index is 445. The predicted molar refractivity (Wildman–Crippen MR) is 87.0 cm³/mol. The molecule has 22 heavy (non-hydrogen) atoms. The van der Waals surface area contributed by atoms with Crippen LogP contribution in [0.5, 0.6) is 0 Å². The maximum Gasteiger partial charge on any atom is 0.228 e. The van der Waals surface area contributed by atoms with E-state index in [9.17, 15) is 0 Å². The molecule has 2 N–H and O–H groups in total. The van der Waals surface area contributed by atoms with Crippen LogP contribution in [0.1, 0.15) is 38.9 Å². The normalized spacial score (nSPS) is 13.5. The predicted octanol–water partition coefficient (Wildman–Crippen LogP) is 1.54. The zero-order chi connectivity index (χ0) is 16.4. The molecule has 0 bridgehead atoms. The van der Waals surface area contributed by atoms with E-state index in [1.807, 2.05) is 13.8 Å². The van der Waals surface area contributed by atoms with Gasteiger partial charge in [-0.2, -0.15) is 4.98 Å². The minimum Gasteiger partial charge on any atom is -0.378 e. The molecule has 1 rings (SSSR count). The molecule has 0 saturated carbocycles. The summed E-state index contributed by atoms with van der Waals surface area (Å²) in [6, 6.07) is 0. The van der Waals surface area contributed by atoms with Gasteiger partial charge in [-0.1, -0.05) is 19.0 Å². The van der Waals surface area contributed by atoms with Crippen molar-refractivity contribution in [1.82, 2.24) is 20.8 Å². The van der Waals surface area contributed by atoms with Crippen LogP contribution in [0, 0.1) is 12.8 Å². The lowest BCUT2D eigenvalue weighted by molar-refractivity contribution is 0.0258. The lowest BCUT2D eigenvalue weighted by Gasteiger charge is -2.21. The van der Waals surface area contributed by atoms with Crippen molar-refractivity contribution >= 4 is 5.96 Å². The number of aryl methyl sites for hydroxylation is 1. The molecule has 0 radical (unpaired) electrons. The maximum absolute atomic E-state index is 5.73. The molecule has 1 aromatic rings. The fourth-order valence-electron chi connectivity index (χ4n) is 2.11. The molecule has 0 spiro atoms. The van der Waals surface area contributed by atoms with Gasteiger partial charge < -0.3 is 19.9 Å². The van der Waals surface area contributed by atoms with Gasteiger partial charge in [-0.05, 0) is 26.2 Å².